The summed E-state index contributed by atoms with van der Waals surface area (Å²) < 4.78 is 5.68. The van der Waals surface area contributed by atoms with E-state index < -0.39 is 4.92 Å². The smallest absolute Gasteiger partial charge is 0.269 e. The number of rotatable bonds is 8. The Morgan fingerprint density at radius 1 is 1.06 bits per heavy atom. The highest BCUT2D eigenvalue weighted by Crippen LogP contribution is 2.29. The van der Waals surface area contributed by atoms with Gasteiger partial charge >= 0.3 is 0 Å². The van der Waals surface area contributed by atoms with Gasteiger partial charge in [0, 0.05) is 17.8 Å². The van der Waals surface area contributed by atoms with E-state index in [1.54, 1.807) is 6.07 Å². The molecule has 0 saturated carbocycles. The number of nitro groups is 1. The fourth-order valence-corrected chi connectivity index (χ4v) is 3.71. The zero-order chi connectivity index (χ0) is 24.1. The first-order valence-electron chi connectivity index (χ1n) is 10.7. The molecule has 0 aliphatic rings. The Bertz CT molecular complexity index is 1150. The van der Waals surface area contributed by atoms with E-state index in [-0.39, 0.29) is 24.1 Å². The number of phenolic OH excluding ortho intramolecular Hbond substituents is 1. The van der Waals surface area contributed by atoms with E-state index in [1.807, 2.05) is 38.1 Å². The van der Waals surface area contributed by atoms with Crippen LogP contribution in [-0.2, 0) is 11.2 Å². The third kappa shape index (κ3) is 6.10. The Morgan fingerprint density at radius 3 is 2.27 bits per heavy atom. The van der Waals surface area contributed by atoms with Crippen molar-refractivity contribution in [3.8, 4) is 11.5 Å². The van der Waals surface area contributed by atoms with Crippen LogP contribution in [-0.4, -0.2) is 22.5 Å². The topological polar surface area (TPSA) is 102 Å². The fourth-order valence-electron chi connectivity index (χ4n) is 3.71. The first kappa shape index (κ1) is 23.8. The number of hydrogen-bond acceptors (Lipinski definition) is 5. The van der Waals surface area contributed by atoms with E-state index in [2.05, 4.69) is 19.2 Å². The number of nitrogens with zero attached hydrogens (tertiary/aromatic N) is 1. The van der Waals surface area contributed by atoms with Crippen molar-refractivity contribution in [3.05, 3.63) is 92.5 Å². The normalized spacial score (nSPS) is 10.8. The summed E-state index contributed by atoms with van der Waals surface area (Å²) >= 11 is 0. The molecule has 0 aromatic heterocycles. The lowest BCUT2D eigenvalue weighted by Crippen LogP contribution is -2.20. The molecule has 0 bridgehead atoms. The van der Waals surface area contributed by atoms with Gasteiger partial charge in [0.2, 0.25) is 0 Å². The number of aryl methyl sites for hydroxylation is 2. The summed E-state index contributed by atoms with van der Waals surface area (Å²) in [6.07, 6.45) is 0.735. The molecule has 0 radical (unpaired) electrons. The van der Waals surface area contributed by atoms with Crippen LogP contribution in [0.2, 0.25) is 0 Å². The first-order chi connectivity index (χ1) is 15.6. The van der Waals surface area contributed by atoms with Crippen molar-refractivity contribution in [2.24, 2.45) is 0 Å². The van der Waals surface area contributed by atoms with E-state index >= 15 is 0 Å². The Hall–Kier alpha value is -3.87. The van der Waals surface area contributed by atoms with Gasteiger partial charge in [0.05, 0.1) is 4.92 Å². The summed E-state index contributed by atoms with van der Waals surface area (Å²) in [6.45, 7) is 7.95. The third-order valence-electron chi connectivity index (χ3n) is 5.50. The second-order valence-electron chi connectivity index (χ2n) is 8.40. The van der Waals surface area contributed by atoms with Gasteiger partial charge in [-0.2, -0.15) is 0 Å². The van der Waals surface area contributed by atoms with Crippen LogP contribution in [0.4, 0.5) is 11.4 Å². The average molecular weight is 449 g/mol. The number of ether oxygens (including phenoxy) is 1. The molecule has 0 unspecified atom stereocenters. The van der Waals surface area contributed by atoms with Crippen molar-refractivity contribution in [3.63, 3.8) is 0 Å². The summed E-state index contributed by atoms with van der Waals surface area (Å²) in [5, 5.41) is 23.5. The standard InChI is InChI=1S/C26H28N2O5/c1-16(2)23-13-19(5-10-25(23)29)14-24-17(3)11-22(12-18(24)4)33-15-26(30)27-20-6-8-21(9-7-20)28(31)32/h5-13,16,29H,14-15H2,1-4H3,(H,27,30). The quantitative estimate of drug-likeness (QED) is 0.342. The monoisotopic (exact) mass is 448 g/mol. The highest BCUT2D eigenvalue weighted by Gasteiger charge is 2.12. The second-order valence-corrected chi connectivity index (χ2v) is 8.40. The summed E-state index contributed by atoms with van der Waals surface area (Å²) in [4.78, 5) is 22.4. The highest BCUT2D eigenvalue weighted by atomic mass is 16.6. The van der Waals surface area contributed by atoms with E-state index in [0.717, 1.165) is 28.7 Å². The largest absolute Gasteiger partial charge is 0.508 e. The van der Waals surface area contributed by atoms with Gasteiger partial charge in [-0.1, -0.05) is 26.0 Å². The number of phenols is 1. The second kappa shape index (κ2) is 10.2. The minimum atomic E-state index is -0.492. The minimum Gasteiger partial charge on any atom is -0.508 e. The van der Waals surface area contributed by atoms with Crippen molar-refractivity contribution in [2.45, 2.75) is 40.0 Å². The minimum absolute atomic E-state index is 0.0389. The summed E-state index contributed by atoms with van der Waals surface area (Å²) in [7, 11) is 0. The predicted octanol–water partition coefficient (Wildman–Crippen LogP) is 5.65. The van der Waals surface area contributed by atoms with Crippen LogP contribution in [0, 0.1) is 24.0 Å². The first-order valence-corrected chi connectivity index (χ1v) is 10.7. The van der Waals surface area contributed by atoms with Gasteiger partial charge < -0.3 is 15.2 Å². The Balaban J connectivity index is 1.64. The lowest BCUT2D eigenvalue weighted by molar-refractivity contribution is -0.384. The number of anilines is 1. The number of amides is 1. The number of carbonyl (C=O) groups excluding carboxylic acids is 1. The Kier molecular flexibility index (Phi) is 7.33. The van der Waals surface area contributed by atoms with E-state index in [0.29, 0.717) is 17.2 Å². The van der Waals surface area contributed by atoms with E-state index in [9.17, 15) is 20.0 Å². The third-order valence-corrected chi connectivity index (χ3v) is 5.50. The van der Waals surface area contributed by atoms with Gasteiger partial charge in [0.1, 0.15) is 11.5 Å². The van der Waals surface area contributed by atoms with Crippen molar-refractivity contribution in [2.75, 3.05) is 11.9 Å². The maximum atomic E-state index is 12.2. The van der Waals surface area contributed by atoms with Gasteiger partial charge in [0.15, 0.2) is 6.61 Å². The molecule has 172 valence electrons. The van der Waals surface area contributed by atoms with Crippen LogP contribution in [0.3, 0.4) is 0 Å². The Morgan fingerprint density at radius 2 is 1.70 bits per heavy atom. The highest BCUT2D eigenvalue weighted by molar-refractivity contribution is 5.91. The molecule has 2 N–H and O–H groups in total. The zero-order valence-electron chi connectivity index (χ0n) is 19.2. The van der Waals surface area contributed by atoms with Gasteiger partial charge in [-0.3, -0.25) is 14.9 Å². The van der Waals surface area contributed by atoms with E-state index in [1.165, 1.54) is 29.8 Å². The SMILES string of the molecule is Cc1cc(OCC(=O)Nc2ccc([N+](=O)[O-])cc2)cc(C)c1Cc1ccc(O)c(C(C)C)c1. The molecule has 0 heterocycles. The van der Waals surface area contributed by atoms with Crippen molar-refractivity contribution in [1.29, 1.82) is 0 Å². The molecule has 0 saturated heterocycles. The van der Waals surface area contributed by atoms with Gasteiger partial charge in [-0.25, -0.2) is 0 Å². The maximum Gasteiger partial charge on any atom is 0.269 e. The van der Waals surface area contributed by atoms with Crippen LogP contribution in [0.25, 0.3) is 0 Å². The number of nitro benzene ring substituents is 1. The number of carbonyl (C=O) groups is 1. The number of aromatic hydroxyl groups is 1. The molecule has 0 aliphatic carbocycles. The molecule has 7 nitrogen and oxygen atoms in total. The van der Waals surface area contributed by atoms with Crippen LogP contribution in [0.15, 0.2) is 54.6 Å². The molecule has 7 heteroatoms. The van der Waals surface area contributed by atoms with Crippen LogP contribution in [0.5, 0.6) is 11.5 Å². The van der Waals surface area contributed by atoms with Gasteiger partial charge in [-0.15, -0.1) is 0 Å². The molecular weight excluding hydrogens is 420 g/mol. The van der Waals surface area contributed by atoms with Crippen LogP contribution in [0.1, 0.15) is 47.6 Å². The predicted molar refractivity (Wildman–Crippen MR) is 128 cm³/mol. The maximum absolute atomic E-state index is 12.2. The molecule has 3 aromatic carbocycles. The zero-order valence-corrected chi connectivity index (χ0v) is 19.2. The molecule has 1 amide bonds. The molecule has 0 atom stereocenters. The van der Waals surface area contributed by atoms with E-state index in [4.69, 9.17) is 4.74 Å². The van der Waals surface area contributed by atoms with Gasteiger partial charge in [-0.05, 0) is 84.3 Å². The molecule has 0 spiro atoms. The van der Waals surface area contributed by atoms with Crippen molar-refractivity contribution < 1.29 is 19.6 Å². The average Bonchev–Trinajstić information content (AvgIpc) is 2.76. The number of hydrogen-bond donors (Lipinski definition) is 2. The molecule has 3 aromatic rings. The molecule has 33 heavy (non-hydrogen) atoms. The number of non-ortho nitro benzene ring substituents is 1. The molecule has 0 aliphatic heterocycles. The lowest BCUT2D eigenvalue weighted by atomic mass is 9.93. The van der Waals surface area contributed by atoms with Crippen LogP contribution >= 0.6 is 0 Å². The van der Waals surface area contributed by atoms with Crippen molar-refractivity contribution in [1.82, 2.24) is 0 Å². The summed E-state index contributed by atoms with van der Waals surface area (Å²) in [6, 6.07) is 15.2. The lowest BCUT2D eigenvalue weighted by Gasteiger charge is -2.15. The molecule has 0 fully saturated rings. The Labute approximate surface area is 193 Å². The number of benzene rings is 3. The molecule has 3 rings (SSSR count). The number of nitrogens with one attached hydrogen (secondary N) is 1. The van der Waals surface area contributed by atoms with Crippen molar-refractivity contribution >= 4 is 17.3 Å². The fraction of sp³-hybridized carbons (Fsp3) is 0.269. The summed E-state index contributed by atoms with van der Waals surface area (Å²) in [5.41, 5.74) is 5.77. The van der Waals surface area contributed by atoms with Crippen LogP contribution < -0.4 is 10.1 Å². The van der Waals surface area contributed by atoms with Gasteiger partial charge in [0.25, 0.3) is 11.6 Å². The molecular formula is C26H28N2O5. The summed E-state index contributed by atoms with van der Waals surface area (Å²) in [5.74, 6) is 0.799.